The third kappa shape index (κ3) is 3.63. The minimum atomic E-state index is -3.77. The van der Waals surface area contributed by atoms with Gasteiger partial charge in [-0.2, -0.15) is 0 Å². The molecule has 2 aromatic rings. The fraction of sp³-hybridized carbons (Fsp3) is 0.133. The Morgan fingerprint density at radius 2 is 1.59 bits per heavy atom. The summed E-state index contributed by atoms with van der Waals surface area (Å²) in [5.74, 6) is -1.08. The number of benzene rings is 2. The van der Waals surface area contributed by atoms with Gasteiger partial charge in [-0.15, -0.1) is 0 Å². The highest BCUT2D eigenvalue weighted by atomic mass is 32.2. The number of sulfonamides is 1. The fourth-order valence-corrected chi connectivity index (χ4v) is 2.88. The molecular weight excluding hydrogens is 306 g/mol. The molecule has 3 N–H and O–H groups in total. The Hall–Kier alpha value is -2.38. The Kier molecular flexibility index (Phi) is 4.48. The molecule has 0 aliphatic carbocycles. The number of aromatic carboxylic acids is 1. The van der Waals surface area contributed by atoms with Crippen LogP contribution in [-0.2, 0) is 10.0 Å². The summed E-state index contributed by atoms with van der Waals surface area (Å²) in [5, 5.41) is 18.2. The summed E-state index contributed by atoms with van der Waals surface area (Å²) in [4.78, 5) is 10.8. The highest BCUT2D eigenvalue weighted by molar-refractivity contribution is 7.92. The van der Waals surface area contributed by atoms with Gasteiger partial charge in [0.2, 0.25) is 0 Å². The minimum Gasteiger partial charge on any atom is -0.478 e. The molecule has 2 rings (SSSR count). The van der Waals surface area contributed by atoms with Gasteiger partial charge in [-0.1, -0.05) is 12.1 Å². The summed E-state index contributed by atoms with van der Waals surface area (Å²) >= 11 is 0. The number of nitrogens with one attached hydrogen (secondary N) is 1. The summed E-state index contributed by atoms with van der Waals surface area (Å²) in [7, 11) is -3.77. The Balaban J connectivity index is 2.21. The molecule has 0 saturated carbocycles. The standard InChI is InChI=1S/C15H15NO5S/c1-10(17)11-4-8-14(9-5-11)22(20,21)16-13-6-2-12(3-7-13)15(18)19/h2-10,16-17H,1H3,(H,18,19)/t10-/m1/s1. The van der Waals surface area contributed by atoms with Crippen LogP contribution in [0, 0.1) is 0 Å². The van der Waals surface area contributed by atoms with Crippen LogP contribution in [0.1, 0.15) is 28.9 Å². The van der Waals surface area contributed by atoms with Crippen LogP contribution in [0.2, 0.25) is 0 Å². The number of aliphatic hydroxyl groups is 1. The van der Waals surface area contributed by atoms with Crippen LogP contribution < -0.4 is 4.72 Å². The van der Waals surface area contributed by atoms with E-state index < -0.39 is 22.1 Å². The smallest absolute Gasteiger partial charge is 0.335 e. The van der Waals surface area contributed by atoms with Crippen molar-refractivity contribution in [3.63, 3.8) is 0 Å². The second-order valence-corrected chi connectivity index (χ2v) is 6.42. The number of carboxylic acid groups (broad SMARTS) is 1. The van der Waals surface area contributed by atoms with Crippen LogP contribution in [0.4, 0.5) is 5.69 Å². The highest BCUT2D eigenvalue weighted by Crippen LogP contribution is 2.19. The second-order valence-electron chi connectivity index (χ2n) is 4.73. The average molecular weight is 321 g/mol. The van der Waals surface area contributed by atoms with Crippen LogP contribution in [0.5, 0.6) is 0 Å². The monoisotopic (exact) mass is 321 g/mol. The molecule has 1 atom stereocenters. The van der Waals surface area contributed by atoms with Crippen molar-refractivity contribution in [2.75, 3.05) is 4.72 Å². The first kappa shape index (κ1) is 16.0. The van der Waals surface area contributed by atoms with Gasteiger partial charge in [-0.25, -0.2) is 13.2 Å². The zero-order valence-corrected chi connectivity index (χ0v) is 12.5. The van der Waals surface area contributed by atoms with Gasteiger partial charge in [0.25, 0.3) is 10.0 Å². The summed E-state index contributed by atoms with van der Waals surface area (Å²) in [6, 6.07) is 11.3. The molecule has 6 nitrogen and oxygen atoms in total. The molecule has 0 bridgehead atoms. The number of hydrogen-bond acceptors (Lipinski definition) is 4. The summed E-state index contributed by atoms with van der Waals surface area (Å²) in [6.45, 7) is 1.59. The molecule has 0 saturated heterocycles. The average Bonchev–Trinajstić information content (AvgIpc) is 2.47. The lowest BCUT2D eigenvalue weighted by Crippen LogP contribution is -2.13. The third-order valence-electron chi connectivity index (χ3n) is 3.06. The molecule has 0 radical (unpaired) electrons. The van der Waals surface area contributed by atoms with Crippen LogP contribution in [0.3, 0.4) is 0 Å². The van der Waals surface area contributed by atoms with Crippen LogP contribution in [-0.4, -0.2) is 24.6 Å². The fourth-order valence-electron chi connectivity index (χ4n) is 1.82. The number of hydrogen-bond donors (Lipinski definition) is 3. The van der Waals surface area contributed by atoms with Crippen LogP contribution in [0.15, 0.2) is 53.4 Å². The van der Waals surface area contributed by atoms with Gasteiger partial charge < -0.3 is 10.2 Å². The van der Waals surface area contributed by atoms with Crippen molar-refractivity contribution < 1.29 is 23.4 Å². The summed E-state index contributed by atoms with van der Waals surface area (Å²) in [5.41, 5.74) is 0.957. The Bertz CT molecular complexity index is 765. The predicted octanol–water partition coefficient (Wildman–Crippen LogP) is 2.24. The van der Waals surface area contributed by atoms with Gasteiger partial charge >= 0.3 is 5.97 Å². The van der Waals surface area contributed by atoms with Gasteiger partial charge in [0.1, 0.15) is 0 Å². The van der Waals surface area contributed by atoms with Gasteiger partial charge in [0.15, 0.2) is 0 Å². The molecule has 0 spiro atoms. The first-order valence-electron chi connectivity index (χ1n) is 6.44. The maximum atomic E-state index is 12.2. The number of rotatable bonds is 5. The van der Waals surface area contributed by atoms with E-state index >= 15 is 0 Å². The van der Waals surface area contributed by atoms with E-state index in [-0.39, 0.29) is 16.1 Å². The van der Waals surface area contributed by atoms with Crippen molar-refractivity contribution in [2.45, 2.75) is 17.9 Å². The number of anilines is 1. The first-order valence-corrected chi connectivity index (χ1v) is 7.92. The topological polar surface area (TPSA) is 104 Å². The van der Waals surface area contributed by atoms with Crippen LogP contribution in [0.25, 0.3) is 0 Å². The molecule has 7 heteroatoms. The van der Waals surface area contributed by atoms with Gasteiger partial charge in [0, 0.05) is 5.69 Å². The molecule has 0 heterocycles. The van der Waals surface area contributed by atoms with E-state index in [0.717, 1.165) is 0 Å². The Morgan fingerprint density at radius 3 is 2.05 bits per heavy atom. The molecule has 2 aromatic carbocycles. The number of aliphatic hydroxyl groups excluding tert-OH is 1. The van der Waals surface area contributed by atoms with Crippen molar-refractivity contribution in [2.24, 2.45) is 0 Å². The SMILES string of the molecule is C[C@@H](O)c1ccc(S(=O)(=O)Nc2ccc(C(=O)O)cc2)cc1. The molecule has 116 valence electrons. The van der Waals surface area contributed by atoms with Gasteiger partial charge in [-0.3, -0.25) is 4.72 Å². The van der Waals surface area contributed by atoms with Crippen molar-refractivity contribution >= 4 is 21.7 Å². The second kappa shape index (κ2) is 6.17. The van der Waals surface area contributed by atoms with Gasteiger partial charge in [0.05, 0.1) is 16.6 Å². The molecular formula is C15H15NO5S. The van der Waals surface area contributed by atoms with E-state index in [9.17, 15) is 18.3 Å². The van der Waals surface area contributed by atoms with E-state index in [1.165, 1.54) is 48.5 Å². The molecule has 22 heavy (non-hydrogen) atoms. The molecule has 0 amide bonds. The highest BCUT2D eigenvalue weighted by Gasteiger charge is 2.15. The quantitative estimate of drug-likeness (QED) is 0.783. The van der Waals surface area contributed by atoms with Crippen molar-refractivity contribution in [1.82, 2.24) is 0 Å². The van der Waals surface area contributed by atoms with E-state index in [1.54, 1.807) is 6.92 Å². The van der Waals surface area contributed by atoms with E-state index in [0.29, 0.717) is 5.56 Å². The Morgan fingerprint density at radius 1 is 1.05 bits per heavy atom. The van der Waals surface area contributed by atoms with Crippen molar-refractivity contribution in [1.29, 1.82) is 0 Å². The molecule has 0 unspecified atom stereocenters. The predicted molar refractivity (Wildman–Crippen MR) is 81.3 cm³/mol. The molecule has 0 aromatic heterocycles. The Labute approximate surface area is 128 Å². The van der Waals surface area contributed by atoms with E-state index in [1.807, 2.05) is 0 Å². The lowest BCUT2D eigenvalue weighted by Gasteiger charge is -2.10. The zero-order valence-electron chi connectivity index (χ0n) is 11.7. The van der Waals surface area contributed by atoms with Crippen LogP contribution >= 0.6 is 0 Å². The zero-order chi connectivity index (χ0) is 16.3. The maximum absolute atomic E-state index is 12.2. The van der Waals surface area contributed by atoms with Crippen molar-refractivity contribution in [3.05, 3.63) is 59.7 Å². The minimum absolute atomic E-state index is 0.0548. The lowest BCUT2D eigenvalue weighted by atomic mass is 10.1. The third-order valence-corrected chi connectivity index (χ3v) is 4.45. The summed E-state index contributed by atoms with van der Waals surface area (Å²) in [6.07, 6.45) is -0.673. The number of carbonyl (C=O) groups is 1. The van der Waals surface area contributed by atoms with E-state index in [2.05, 4.69) is 4.72 Å². The van der Waals surface area contributed by atoms with E-state index in [4.69, 9.17) is 5.11 Å². The molecule has 0 fully saturated rings. The lowest BCUT2D eigenvalue weighted by molar-refractivity contribution is 0.0697. The molecule has 0 aliphatic heterocycles. The van der Waals surface area contributed by atoms with Crippen molar-refractivity contribution in [3.8, 4) is 0 Å². The maximum Gasteiger partial charge on any atom is 0.335 e. The summed E-state index contributed by atoms with van der Waals surface area (Å²) < 4.78 is 26.8. The van der Waals surface area contributed by atoms with Gasteiger partial charge in [-0.05, 0) is 48.9 Å². The normalized spacial score (nSPS) is 12.6. The first-order chi connectivity index (χ1) is 10.3. The molecule has 0 aliphatic rings. The largest absolute Gasteiger partial charge is 0.478 e. The number of carboxylic acids is 1.